The van der Waals surface area contributed by atoms with E-state index >= 15 is 0 Å². The second kappa shape index (κ2) is 6.07. The zero-order valence-electron chi connectivity index (χ0n) is 10.1. The lowest BCUT2D eigenvalue weighted by atomic mass is 10.1. The molecular weight excluding hydrogens is 272 g/mol. The van der Waals surface area contributed by atoms with Crippen LogP contribution in [-0.2, 0) is 16.8 Å². The van der Waals surface area contributed by atoms with Crippen LogP contribution in [0.15, 0.2) is 11.7 Å². The zero-order valence-corrected chi connectivity index (χ0v) is 11.7. The maximum absolute atomic E-state index is 12.2. The van der Waals surface area contributed by atoms with Crippen molar-refractivity contribution >= 4 is 21.5 Å². The van der Waals surface area contributed by atoms with Gasteiger partial charge in [0, 0.05) is 36.8 Å². The minimum Gasteiger partial charge on any atom is -0.329 e. The fraction of sp³-hybridized carbons (Fsp3) is 0.700. The summed E-state index contributed by atoms with van der Waals surface area (Å²) in [6.45, 7) is 1.22. The Morgan fingerprint density at radius 3 is 3.06 bits per heavy atom. The first kappa shape index (κ1) is 13.9. The van der Waals surface area contributed by atoms with E-state index in [4.69, 9.17) is 5.73 Å². The third-order valence-electron chi connectivity index (χ3n) is 3.07. The average Bonchev–Trinajstić information content (AvgIpc) is 2.89. The Kier molecular flexibility index (Phi) is 4.68. The molecule has 0 spiro atoms. The third-order valence-corrected chi connectivity index (χ3v) is 5.45. The van der Waals surface area contributed by atoms with Gasteiger partial charge in [0.15, 0.2) is 0 Å². The van der Waals surface area contributed by atoms with E-state index in [0.29, 0.717) is 19.6 Å². The summed E-state index contributed by atoms with van der Waals surface area (Å²) in [4.78, 5) is 4.82. The van der Waals surface area contributed by atoms with Crippen LogP contribution in [0.1, 0.15) is 24.1 Å². The molecule has 3 N–H and O–H groups in total. The Hall–Kier alpha value is -0.540. The molecule has 1 aliphatic heterocycles. The lowest BCUT2D eigenvalue weighted by Gasteiger charge is -2.33. The van der Waals surface area contributed by atoms with Gasteiger partial charge in [-0.1, -0.05) is 6.42 Å². The summed E-state index contributed by atoms with van der Waals surface area (Å²) >= 11 is 1.44. The van der Waals surface area contributed by atoms with Crippen molar-refractivity contribution in [2.24, 2.45) is 5.73 Å². The number of hydrogen-bond acceptors (Lipinski definition) is 5. The molecule has 0 amide bonds. The molecule has 18 heavy (non-hydrogen) atoms. The number of aromatic nitrogens is 1. The third kappa shape index (κ3) is 3.27. The van der Waals surface area contributed by atoms with E-state index < -0.39 is 10.2 Å². The summed E-state index contributed by atoms with van der Waals surface area (Å²) in [5.41, 5.74) is 7.33. The van der Waals surface area contributed by atoms with Crippen LogP contribution < -0.4 is 10.5 Å². The molecule has 0 bridgehead atoms. The number of piperidine rings is 1. The van der Waals surface area contributed by atoms with Crippen LogP contribution in [0.4, 0.5) is 0 Å². The highest BCUT2D eigenvalue weighted by atomic mass is 32.2. The lowest BCUT2D eigenvalue weighted by molar-refractivity contribution is 0.254. The van der Waals surface area contributed by atoms with E-state index in [2.05, 4.69) is 9.71 Å². The smallest absolute Gasteiger partial charge is 0.280 e. The fourth-order valence-electron chi connectivity index (χ4n) is 2.10. The molecule has 1 aliphatic rings. The van der Waals surface area contributed by atoms with Crippen molar-refractivity contribution in [3.05, 3.63) is 16.6 Å². The van der Waals surface area contributed by atoms with Crippen LogP contribution in [0.2, 0.25) is 0 Å². The highest BCUT2D eigenvalue weighted by Gasteiger charge is 2.31. The van der Waals surface area contributed by atoms with Crippen molar-refractivity contribution in [3.8, 4) is 0 Å². The minimum atomic E-state index is -3.44. The van der Waals surface area contributed by atoms with Gasteiger partial charge in [-0.2, -0.15) is 17.4 Å². The summed E-state index contributed by atoms with van der Waals surface area (Å²) in [5, 5.41) is 0. The Balaban J connectivity index is 2.00. The highest BCUT2D eigenvalue weighted by molar-refractivity contribution is 7.87. The first-order chi connectivity index (χ1) is 8.63. The van der Waals surface area contributed by atoms with Gasteiger partial charge >= 0.3 is 0 Å². The molecule has 1 atom stereocenters. The van der Waals surface area contributed by atoms with Crippen molar-refractivity contribution < 1.29 is 8.42 Å². The lowest BCUT2D eigenvalue weighted by Crippen LogP contribution is -2.51. The second-order valence-corrected chi connectivity index (χ2v) is 6.97. The predicted molar refractivity (Wildman–Crippen MR) is 71.3 cm³/mol. The van der Waals surface area contributed by atoms with Crippen molar-refractivity contribution in [2.45, 2.75) is 31.8 Å². The van der Waals surface area contributed by atoms with E-state index in [1.165, 1.54) is 15.6 Å². The summed E-state index contributed by atoms with van der Waals surface area (Å²) in [6.07, 6.45) is 4.46. The molecule has 1 fully saturated rings. The molecule has 1 unspecified atom stereocenters. The van der Waals surface area contributed by atoms with Gasteiger partial charge in [-0.25, -0.2) is 0 Å². The van der Waals surface area contributed by atoms with E-state index in [0.717, 1.165) is 24.1 Å². The van der Waals surface area contributed by atoms with Crippen LogP contribution in [0.3, 0.4) is 0 Å². The highest BCUT2D eigenvalue weighted by Crippen LogP contribution is 2.19. The molecule has 1 aromatic rings. The Labute approximate surface area is 111 Å². The van der Waals surface area contributed by atoms with Gasteiger partial charge in [-0.15, -0.1) is 11.3 Å². The Morgan fingerprint density at radius 2 is 2.39 bits per heavy atom. The van der Waals surface area contributed by atoms with Crippen LogP contribution in [0.5, 0.6) is 0 Å². The molecule has 8 heteroatoms. The van der Waals surface area contributed by atoms with Gasteiger partial charge in [0.2, 0.25) is 0 Å². The number of nitrogens with one attached hydrogen (secondary N) is 1. The van der Waals surface area contributed by atoms with Crippen LogP contribution >= 0.6 is 11.3 Å². The van der Waals surface area contributed by atoms with Crippen molar-refractivity contribution in [1.29, 1.82) is 0 Å². The number of hydrogen-bond donors (Lipinski definition) is 2. The molecule has 6 nitrogen and oxygen atoms in total. The number of nitrogens with zero attached hydrogens (tertiary/aromatic N) is 2. The number of thiazole rings is 1. The molecule has 0 aliphatic carbocycles. The van der Waals surface area contributed by atoms with Gasteiger partial charge in [-0.3, -0.25) is 4.98 Å². The van der Waals surface area contributed by atoms with Crippen molar-refractivity contribution in [1.82, 2.24) is 14.0 Å². The monoisotopic (exact) mass is 290 g/mol. The first-order valence-electron chi connectivity index (χ1n) is 5.97. The van der Waals surface area contributed by atoms with Gasteiger partial charge in [-0.05, 0) is 12.8 Å². The summed E-state index contributed by atoms with van der Waals surface area (Å²) in [5.74, 6) is 0. The first-order valence-corrected chi connectivity index (χ1v) is 8.29. The SMILES string of the molecule is NCC1CCCCN1S(=O)(=O)NCc1cncs1. The molecule has 2 heterocycles. The average molecular weight is 290 g/mol. The largest absolute Gasteiger partial charge is 0.329 e. The normalized spacial score (nSPS) is 22.2. The zero-order chi connectivity index (χ0) is 13.0. The maximum Gasteiger partial charge on any atom is 0.280 e. The van der Waals surface area contributed by atoms with Gasteiger partial charge in [0.1, 0.15) is 0 Å². The predicted octanol–water partition coefficient (Wildman–Crippen LogP) is 0.291. The van der Waals surface area contributed by atoms with E-state index in [-0.39, 0.29) is 6.04 Å². The van der Waals surface area contributed by atoms with Crippen LogP contribution in [-0.4, -0.2) is 36.8 Å². The molecular formula is C10H18N4O2S2. The molecule has 0 aromatic carbocycles. The molecule has 0 saturated carbocycles. The van der Waals surface area contributed by atoms with Crippen LogP contribution in [0.25, 0.3) is 0 Å². The molecule has 1 saturated heterocycles. The van der Waals surface area contributed by atoms with Crippen molar-refractivity contribution in [2.75, 3.05) is 13.1 Å². The topological polar surface area (TPSA) is 88.3 Å². The van der Waals surface area contributed by atoms with Gasteiger partial charge < -0.3 is 5.73 Å². The number of nitrogens with two attached hydrogens (primary N) is 1. The molecule has 0 radical (unpaired) electrons. The number of rotatable bonds is 5. The molecule has 102 valence electrons. The van der Waals surface area contributed by atoms with Gasteiger partial charge in [0.05, 0.1) is 5.51 Å². The second-order valence-electron chi connectivity index (χ2n) is 4.29. The fourth-order valence-corrected chi connectivity index (χ4v) is 4.18. The van der Waals surface area contributed by atoms with Crippen LogP contribution in [0, 0.1) is 0 Å². The minimum absolute atomic E-state index is 0.0716. The maximum atomic E-state index is 12.2. The quantitative estimate of drug-likeness (QED) is 0.816. The van der Waals surface area contributed by atoms with E-state index in [1.54, 1.807) is 11.7 Å². The van der Waals surface area contributed by atoms with E-state index in [9.17, 15) is 8.42 Å². The standard InChI is InChI=1S/C10H18N4O2S2/c11-5-9-3-1-2-4-14(9)18(15,16)13-7-10-6-12-8-17-10/h6,8-9,13H,1-5,7,11H2. The van der Waals surface area contributed by atoms with Gasteiger partial charge in [0.25, 0.3) is 10.2 Å². The Morgan fingerprint density at radius 1 is 1.56 bits per heavy atom. The molecule has 2 rings (SSSR count). The van der Waals surface area contributed by atoms with E-state index in [1.807, 2.05) is 0 Å². The molecule has 1 aromatic heterocycles. The summed E-state index contributed by atoms with van der Waals surface area (Å²) in [7, 11) is -3.44. The Bertz CT molecular complexity index is 460. The summed E-state index contributed by atoms with van der Waals surface area (Å²) in [6, 6.07) is -0.0716. The summed E-state index contributed by atoms with van der Waals surface area (Å²) < 4.78 is 28.5. The van der Waals surface area contributed by atoms with Crippen molar-refractivity contribution in [3.63, 3.8) is 0 Å².